The number of likely N-dealkylation sites (tertiary alicyclic amines) is 1. The van der Waals surface area contributed by atoms with Gasteiger partial charge in [0.15, 0.2) is 0 Å². The summed E-state index contributed by atoms with van der Waals surface area (Å²) in [6.45, 7) is 2.89. The predicted octanol–water partition coefficient (Wildman–Crippen LogP) is 5.80. The molecule has 2 atom stereocenters. The van der Waals surface area contributed by atoms with E-state index in [0.717, 1.165) is 43.5 Å². The molecular formula is C29H33F2N3O. The van der Waals surface area contributed by atoms with Crippen LogP contribution in [-0.2, 0) is 13.0 Å². The van der Waals surface area contributed by atoms with Crippen molar-refractivity contribution in [1.82, 2.24) is 15.1 Å². The van der Waals surface area contributed by atoms with Gasteiger partial charge in [-0.25, -0.2) is 13.6 Å². The Labute approximate surface area is 206 Å². The quantitative estimate of drug-likeness (QED) is 0.445. The van der Waals surface area contributed by atoms with Gasteiger partial charge in [0.05, 0.1) is 0 Å². The fraction of sp³-hybridized carbons (Fsp3) is 0.345. The van der Waals surface area contributed by atoms with E-state index in [9.17, 15) is 13.6 Å². The fourth-order valence-electron chi connectivity index (χ4n) is 4.85. The van der Waals surface area contributed by atoms with E-state index in [-0.39, 0.29) is 23.7 Å². The van der Waals surface area contributed by atoms with Crippen molar-refractivity contribution in [3.05, 3.63) is 107 Å². The average Bonchev–Trinajstić information content (AvgIpc) is 2.88. The van der Waals surface area contributed by atoms with Crippen LogP contribution in [0.5, 0.6) is 0 Å². The van der Waals surface area contributed by atoms with Gasteiger partial charge in [0.1, 0.15) is 11.6 Å². The molecule has 4 rings (SSSR count). The van der Waals surface area contributed by atoms with Crippen molar-refractivity contribution in [1.29, 1.82) is 0 Å². The second-order valence-electron chi connectivity index (χ2n) is 9.40. The van der Waals surface area contributed by atoms with Gasteiger partial charge in [-0.1, -0.05) is 54.6 Å². The van der Waals surface area contributed by atoms with Crippen molar-refractivity contribution in [2.75, 3.05) is 26.7 Å². The van der Waals surface area contributed by atoms with Crippen LogP contribution in [0.15, 0.2) is 78.9 Å². The molecule has 1 heterocycles. The first-order chi connectivity index (χ1) is 17.0. The Morgan fingerprint density at radius 1 is 0.943 bits per heavy atom. The zero-order valence-electron chi connectivity index (χ0n) is 20.2. The van der Waals surface area contributed by atoms with Crippen molar-refractivity contribution in [3.8, 4) is 0 Å². The highest BCUT2D eigenvalue weighted by atomic mass is 19.1. The minimum absolute atomic E-state index is 0.140. The SMILES string of the molecule is CN(CC1CCN(CCc2ccccc2)C(c2ccc(F)cc2)C1)C(=O)NCc1ccc(F)cc1. The van der Waals surface area contributed by atoms with E-state index >= 15 is 0 Å². The first kappa shape index (κ1) is 24.9. The van der Waals surface area contributed by atoms with Crippen molar-refractivity contribution < 1.29 is 13.6 Å². The number of carbonyl (C=O) groups is 1. The molecule has 2 amide bonds. The van der Waals surface area contributed by atoms with Crippen LogP contribution in [0.25, 0.3) is 0 Å². The smallest absolute Gasteiger partial charge is 0.317 e. The van der Waals surface area contributed by atoms with Crippen LogP contribution in [-0.4, -0.2) is 42.5 Å². The summed E-state index contributed by atoms with van der Waals surface area (Å²) in [6.07, 6.45) is 2.88. The lowest BCUT2D eigenvalue weighted by Crippen LogP contribution is -2.44. The molecule has 0 saturated carbocycles. The topological polar surface area (TPSA) is 35.6 Å². The summed E-state index contributed by atoms with van der Waals surface area (Å²) in [4.78, 5) is 16.9. The van der Waals surface area contributed by atoms with Crippen molar-refractivity contribution in [3.63, 3.8) is 0 Å². The molecule has 6 heteroatoms. The summed E-state index contributed by atoms with van der Waals surface area (Å²) >= 11 is 0. The van der Waals surface area contributed by atoms with E-state index in [1.54, 1.807) is 17.0 Å². The van der Waals surface area contributed by atoms with Gasteiger partial charge in [0, 0.05) is 32.7 Å². The van der Waals surface area contributed by atoms with Crippen LogP contribution in [0.2, 0.25) is 0 Å². The van der Waals surface area contributed by atoms with Gasteiger partial charge in [0.2, 0.25) is 0 Å². The van der Waals surface area contributed by atoms with Crippen LogP contribution in [0.4, 0.5) is 13.6 Å². The Morgan fingerprint density at radius 2 is 1.60 bits per heavy atom. The highest BCUT2D eigenvalue weighted by molar-refractivity contribution is 5.73. The summed E-state index contributed by atoms with van der Waals surface area (Å²) in [5.74, 6) is -0.169. The maximum atomic E-state index is 13.6. The average molecular weight is 478 g/mol. The molecule has 2 unspecified atom stereocenters. The van der Waals surface area contributed by atoms with Crippen LogP contribution < -0.4 is 5.32 Å². The number of urea groups is 1. The Hall–Kier alpha value is -3.25. The number of amides is 2. The third kappa shape index (κ3) is 7.12. The molecule has 0 aliphatic carbocycles. The molecule has 0 radical (unpaired) electrons. The third-order valence-electron chi connectivity index (χ3n) is 6.84. The summed E-state index contributed by atoms with van der Waals surface area (Å²) < 4.78 is 26.7. The molecule has 0 spiro atoms. The molecule has 35 heavy (non-hydrogen) atoms. The van der Waals surface area contributed by atoms with Gasteiger partial charge < -0.3 is 10.2 Å². The lowest BCUT2D eigenvalue weighted by atomic mass is 9.86. The number of halogens is 2. The Balaban J connectivity index is 1.35. The maximum absolute atomic E-state index is 13.6. The van der Waals surface area contributed by atoms with Crippen LogP contribution in [0, 0.1) is 17.6 Å². The molecule has 0 bridgehead atoms. The van der Waals surface area contributed by atoms with Gasteiger partial charge in [0.25, 0.3) is 0 Å². The Morgan fingerprint density at radius 3 is 2.29 bits per heavy atom. The Kier molecular flexibility index (Phi) is 8.48. The number of nitrogens with one attached hydrogen (secondary N) is 1. The summed E-state index contributed by atoms with van der Waals surface area (Å²) in [7, 11) is 1.81. The van der Waals surface area contributed by atoms with Crippen molar-refractivity contribution in [2.24, 2.45) is 5.92 Å². The van der Waals surface area contributed by atoms with Gasteiger partial charge in [-0.2, -0.15) is 0 Å². The molecule has 1 fully saturated rings. The largest absolute Gasteiger partial charge is 0.334 e. The van der Waals surface area contributed by atoms with Crippen LogP contribution in [0.1, 0.15) is 35.6 Å². The van der Waals surface area contributed by atoms with Crippen molar-refractivity contribution in [2.45, 2.75) is 31.8 Å². The van der Waals surface area contributed by atoms with Crippen molar-refractivity contribution >= 4 is 6.03 Å². The molecule has 1 N–H and O–H groups in total. The van der Waals surface area contributed by atoms with E-state index in [2.05, 4.69) is 34.5 Å². The van der Waals surface area contributed by atoms with Crippen LogP contribution >= 0.6 is 0 Å². The lowest BCUT2D eigenvalue weighted by molar-refractivity contribution is 0.0994. The van der Waals surface area contributed by atoms with Crippen LogP contribution in [0.3, 0.4) is 0 Å². The zero-order chi connectivity index (χ0) is 24.6. The minimum atomic E-state index is -0.289. The van der Waals surface area contributed by atoms with Gasteiger partial charge in [-0.3, -0.25) is 4.90 Å². The molecule has 4 nitrogen and oxygen atoms in total. The molecule has 3 aromatic rings. The summed E-state index contributed by atoms with van der Waals surface area (Å²) in [6, 6.07) is 23.5. The van der Waals surface area contributed by atoms with Gasteiger partial charge >= 0.3 is 6.03 Å². The highest BCUT2D eigenvalue weighted by Crippen LogP contribution is 2.34. The van der Waals surface area contributed by atoms with E-state index < -0.39 is 0 Å². The molecule has 1 saturated heterocycles. The number of hydrogen-bond donors (Lipinski definition) is 1. The fourth-order valence-corrected chi connectivity index (χ4v) is 4.85. The standard InChI is InChI=1S/C29H33F2N3O/c1-33(29(35)32-20-23-7-11-26(30)12-8-23)21-24-16-18-34(17-15-22-5-3-2-4-6-22)28(19-24)25-9-13-27(31)14-10-25/h2-14,24,28H,15-21H2,1H3,(H,32,35). The van der Waals surface area contributed by atoms with E-state index in [0.29, 0.717) is 19.0 Å². The van der Waals surface area contributed by atoms with Gasteiger partial charge in [-0.05, 0) is 72.7 Å². The number of piperidine rings is 1. The second kappa shape index (κ2) is 11.9. The number of rotatable bonds is 8. The first-order valence-corrected chi connectivity index (χ1v) is 12.2. The summed E-state index contributed by atoms with van der Waals surface area (Å²) in [5.41, 5.74) is 3.29. The molecule has 1 aliphatic rings. The zero-order valence-corrected chi connectivity index (χ0v) is 20.2. The maximum Gasteiger partial charge on any atom is 0.317 e. The lowest BCUT2D eigenvalue weighted by Gasteiger charge is -2.41. The van der Waals surface area contributed by atoms with E-state index in [1.807, 2.05) is 25.2 Å². The second-order valence-corrected chi connectivity index (χ2v) is 9.40. The highest BCUT2D eigenvalue weighted by Gasteiger charge is 2.30. The Bertz CT molecular complexity index is 1070. The monoisotopic (exact) mass is 477 g/mol. The number of benzene rings is 3. The molecular weight excluding hydrogens is 444 g/mol. The molecule has 0 aromatic heterocycles. The first-order valence-electron chi connectivity index (χ1n) is 12.2. The molecule has 3 aromatic carbocycles. The molecule has 184 valence electrons. The number of hydrogen-bond acceptors (Lipinski definition) is 2. The van der Waals surface area contributed by atoms with E-state index in [1.165, 1.54) is 29.8 Å². The molecule has 1 aliphatic heterocycles. The minimum Gasteiger partial charge on any atom is -0.334 e. The summed E-state index contributed by atoms with van der Waals surface area (Å²) in [5, 5.41) is 2.92. The predicted molar refractivity (Wildman–Crippen MR) is 135 cm³/mol. The van der Waals surface area contributed by atoms with Gasteiger partial charge in [-0.15, -0.1) is 0 Å². The number of carbonyl (C=O) groups excluding carboxylic acids is 1. The van der Waals surface area contributed by atoms with E-state index in [4.69, 9.17) is 0 Å². The normalized spacial score (nSPS) is 18.3. The third-order valence-corrected chi connectivity index (χ3v) is 6.84. The number of nitrogens with zero attached hydrogens (tertiary/aromatic N) is 2.